The molecule has 3 rings (SSSR count). The van der Waals surface area contributed by atoms with Crippen LogP contribution in [0.4, 0.5) is 11.6 Å². The molecular weight excluding hydrogens is 314 g/mol. The molecule has 1 aromatic heterocycles. The predicted molar refractivity (Wildman–Crippen MR) is 102 cm³/mol. The van der Waals surface area contributed by atoms with Crippen LogP contribution in [0.15, 0.2) is 12.4 Å². The minimum absolute atomic E-state index is 0.259. The minimum Gasteiger partial charge on any atom is -0.396 e. The van der Waals surface area contributed by atoms with Gasteiger partial charge in [-0.1, -0.05) is 19.3 Å². The van der Waals surface area contributed by atoms with Crippen molar-refractivity contribution in [3.63, 3.8) is 0 Å². The molecule has 6 nitrogen and oxygen atoms in total. The maximum absolute atomic E-state index is 9.56. The van der Waals surface area contributed by atoms with Crippen molar-refractivity contribution in [2.75, 3.05) is 49.6 Å². The smallest absolute Gasteiger partial charge is 0.134 e. The standard InChI is InChI=1S/C19H33N5O/c1-3-22(2)18-13-19(21-15-20-18)23-10-11-24(17(14-23)9-12-25)16-7-5-4-6-8-16/h13,15-17,25H,3-12,14H2,1-2H3/t17-/m1/s1. The summed E-state index contributed by atoms with van der Waals surface area (Å²) in [5, 5.41) is 9.56. The Morgan fingerprint density at radius 3 is 2.72 bits per heavy atom. The molecule has 1 saturated heterocycles. The van der Waals surface area contributed by atoms with Crippen LogP contribution >= 0.6 is 0 Å². The molecule has 0 radical (unpaired) electrons. The van der Waals surface area contributed by atoms with Crippen LogP contribution in [0.1, 0.15) is 45.4 Å². The molecule has 1 aliphatic heterocycles. The molecule has 140 valence electrons. The first-order valence-electron chi connectivity index (χ1n) is 9.87. The third kappa shape index (κ3) is 4.42. The van der Waals surface area contributed by atoms with Gasteiger partial charge in [-0.05, 0) is 26.2 Å². The third-order valence-corrected chi connectivity index (χ3v) is 5.86. The summed E-state index contributed by atoms with van der Waals surface area (Å²) in [5.74, 6) is 1.98. The number of aliphatic hydroxyl groups excluding tert-OH is 1. The summed E-state index contributed by atoms with van der Waals surface area (Å²) >= 11 is 0. The number of anilines is 2. The molecule has 1 aliphatic carbocycles. The van der Waals surface area contributed by atoms with Gasteiger partial charge in [-0.3, -0.25) is 4.90 Å². The topological polar surface area (TPSA) is 55.7 Å². The monoisotopic (exact) mass is 347 g/mol. The van der Waals surface area contributed by atoms with Gasteiger partial charge >= 0.3 is 0 Å². The molecule has 1 saturated carbocycles. The molecule has 25 heavy (non-hydrogen) atoms. The zero-order chi connectivity index (χ0) is 17.6. The maximum Gasteiger partial charge on any atom is 0.134 e. The van der Waals surface area contributed by atoms with Crippen LogP contribution in [0, 0.1) is 0 Å². The molecule has 0 bridgehead atoms. The quantitative estimate of drug-likeness (QED) is 0.851. The lowest BCUT2D eigenvalue weighted by Gasteiger charge is -2.46. The minimum atomic E-state index is 0.259. The summed E-state index contributed by atoms with van der Waals surface area (Å²) in [7, 11) is 2.06. The lowest BCUT2D eigenvalue weighted by Crippen LogP contribution is -2.57. The second kappa shape index (κ2) is 8.81. The van der Waals surface area contributed by atoms with Crippen molar-refractivity contribution >= 4 is 11.6 Å². The van der Waals surface area contributed by atoms with Crippen molar-refractivity contribution in [2.45, 2.75) is 57.5 Å². The summed E-state index contributed by atoms with van der Waals surface area (Å²) in [6.45, 7) is 6.34. The van der Waals surface area contributed by atoms with E-state index in [1.807, 2.05) is 0 Å². The van der Waals surface area contributed by atoms with Crippen molar-refractivity contribution in [3.8, 4) is 0 Å². The molecule has 1 N–H and O–H groups in total. The average Bonchev–Trinajstić information content (AvgIpc) is 2.68. The summed E-state index contributed by atoms with van der Waals surface area (Å²) < 4.78 is 0. The van der Waals surface area contributed by atoms with Gasteiger partial charge in [0.2, 0.25) is 0 Å². The van der Waals surface area contributed by atoms with Crippen LogP contribution in [0.25, 0.3) is 0 Å². The number of aliphatic hydroxyl groups is 1. The molecule has 1 atom stereocenters. The lowest BCUT2D eigenvalue weighted by atomic mass is 9.92. The molecule has 1 aromatic rings. The number of aromatic nitrogens is 2. The highest BCUT2D eigenvalue weighted by atomic mass is 16.3. The first-order valence-corrected chi connectivity index (χ1v) is 9.87. The van der Waals surface area contributed by atoms with Crippen LogP contribution in [0.5, 0.6) is 0 Å². The van der Waals surface area contributed by atoms with E-state index in [2.05, 4.69) is 44.7 Å². The van der Waals surface area contributed by atoms with Crippen LogP contribution in [0.2, 0.25) is 0 Å². The van der Waals surface area contributed by atoms with E-state index in [0.717, 1.165) is 44.2 Å². The SMILES string of the molecule is CCN(C)c1cc(N2CCN(C3CCCCC3)[C@H](CCO)C2)ncn1. The average molecular weight is 348 g/mol. The van der Waals surface area contributed by atoms with Gasteiger partial charge in [0, 0.05) is 58.0 Å². The predicted octanol–water partition coefficient (Wildman–Crippen LogP) is 2.14. The van der Waals surface area contributed by atoms with E-state index in [1.54, 1.807) is 6.33 Å². The van der Waals surface area contributed by atoms with Crippen LogP contribution in [-0.4, -0.2) is 71.9 Å². The fraction of sp³-hybridized carbons (Fsp3) is 0.789. The zero-order valence-electron chi connectivity index (χ0n) is 15.8. The molecule has 2 fully saturated rings. The van der Waals surface area contributed by atoms with Crippen molar-refractivity contribution < 1.29 is 5.11 Å². The Morgan fingerprint density at radius 1 is 1.20 bits per heavy atom. The first kappa shape index (κ1) is 18.4. The van der Waals surface area contributed by atoms with Crippen LogP contribution < -0.4 is 9.80 Å². The Hall–Kier alpha value is -1.40. The van der Waals surface area contributed by atoms with Crippen LogP contribution in [-0.2, 0) is 0 Å². The van der Waals surface area contributed by atoms with E-state index < -0.39 is 0 Å². The summed E-state index contributed by atoms with van der Waals surface area (Å²) in [6, 6.07) is 3.22. The molecule has 0 aromatic carbocycles. The second-order valence-corrected chi connectivity index (χ2v) is 7.39. The van der Waals surface area contributed by atoms with E-state index in [-0.39, 0.29) is 6.61 Å². The molecule has 2 heterocycles. The van der Waals surface area contributed by atoms with Gasteiger partial charge in [0.15, 0.2) is 0 Å². The van der Waals surface area contributed by atoms with Gasteiger partial charge in [-0.15, -0.1) is 0 Å². The van der Waals surface area contributed by atoms with E-state index >= 15 is 0 Å². The van der Waals surface area contributed by atoms with Gasteiger partial charge in [0.05, 0.1) is 0 Å². The second-order valence-electron chi connectivity index (χ2n) is 7.39. The van der Waals surface area contributed by atoms with Gasteiger partial charge in [0.1, 0.15) is 18.0 Å². The van der Waals surface area contributed by atoms with Crippen LogP contribution in [0.3, 0.4) is 0 Å². The van der Waals surface area contributed by atoms with Gasteiger partial charge < -0.3 is 14.9 Å². The Morgan fingerprint density at radius 2 is 2.00 bits per heavy atom. The highest BCUT2D eigenvalue weighted by Gasteiger charge is 2.32. The first-order chi connectivity index (χ1) is 12.2. The van der Waals surface area contributed by atoms with Gasteiger partial charge in [-0.2, -0.15) is 0 Å². The van der Waals surface area contributed by atoms with Gasteiger partial charge in [0.25, 0.3) is 0 Å². The normalized spacial score (nSPS) is 23.0. The number of hydrogen-bond acceptors (Lipinski definition) is 6. The molecule has 6 heteroatoms. The number of hydrogen-bond donors (Lipinski definition) is 1. The van der Waals surface area contributed by atoms with Crippen molar-refractivity contribution in [2.24, 2.45) is 0 Å². The highest BCUT2D eigenvalue weighted by molar-refractivity contribution is 5.50. The van der Waals surface area contributed by atoms with E-state index in [4.69, 9.17) is 0 Å². The number of piperazine rings is 1. The summed E-state index contributed by atoms with van der Waals surface area (Å²) in [5.41, 5.74) is 0. The van der Waals surface area contributed by atoms with Crippen molar-refractivity contribution in [1.82, 2.24) is 14.9 Å². The Balaban J connectivity index is 1.70. The number of rotatable bonds is 6. The van der Waals surface area contributed by atoms with Crippen molar-refractivity contribution in [1.29, 1.82) is 0 Å². The third-order valence-electron chi connectivity index (χ3n) is 5.86. The fourth-order valence-electron chi connectivity index (χ4n) is 4.26. The lowest BCUT2D eigenvalue weighted by molar-refractivity contribution is 0.0756. The molecule has 0 amide bonds. The van der Waals surface area contributed by atoms with Gasteiger partial charge in [-0.25, -0.2) is 9.97 Å². The largest absolute Gasteiger partial charge is 0.396 e. The summed E-state index contributed by atoms with van der Waals surface area (Å²) in [6.07, 6.45) is 9.26. The Kier molecular flexibility index (Phi) is 6.48. The molecule has 0 spiro atoms. The molecule has 0 unspecified atom stereocenters. The van der Waals surface area contributed by atoms with E-state index in [9.17, 15) is 5.11 Å². The molecular formula is C19H33N5O. The Labute approximate surface area is 151 Å². The zero-order valence-corrected chi connectivity index (χ0v) is 15.8. The van der Waals surface area contributed by atoms with E-state index in [1.165, 1.54) is 32.1 Å². The van der Waals surface area contributed by atoms with Crippen molar-refractivity contribution in [3.05, 3.63) is 12.4 Å². The molecule has 2 aliphatic rings. The number of nitrogens with zero attached hydrogens (tertiary/aromatic N) is 5. The highest BCUT2D eigenvalue weighted by Crippen LogP contribution is 2.28. The Bertz CT molecular complexity index is 534. The fourth-order valence-corrected chi connectivity index (χ4v) is 4.26. The maximum atomic E-state index is 9.56. The van der Waals surface area contributed by atoms with E-state index in [0.29, 0.717) is 12.1 Å². The summed E-state index contributed by atoms with van der Waals surface area (Å²) in [4.78, 5) is 16.1.